The van der Waals surface area contributed by atoms with Crippen LogP contribution >= 0.6 is 0 Å². The van der Waals surface area contributed by atoms with Crippen molar-refractivity contribution in [1.29, 1.82) is 0 Å². The number of nitrogens with zero attached hydrogens (tertiary/aromatic N) is 4. The first-order chi connectivity index (χ1) is 9.72. The Kier molecular flexibility index (Phi) is 3.04. The molecule has 3 rings (SSSR count). The molecule has 2 heterocycles. The zero-order chi connectivity index (χ0) is 13.9. The van der Waals surface area contributed by atoms with Gasteiger partial charge in [-0.3, -0.25) is 14.5 Å². The number of benzene rings is 1. The predicted molar refractivity (Wildman–Crippen MR) is 75.3 cm³/mol. The number of rotatable bonds is 4. The SMILES string of the molecule is Nc1ccc2nc(NCCn3ccnn3)[nH]c(=O)c2c1. The molecule has 20 heavy (non-hydrogen) atoms. The van der Waals surface area contributed by atoms with Crippen molar-refractivity contribution in [1.82, 2.24) is 25.0 Å². The van der Waals surface area contributed by atoms with Crippen molar-refractivity contribution in [2.45, 2.75) is 6.54 Å². The fourth-order valence-corrected chi connectivity index (χ4v) is 1.88. The third-order valence-electron chi connectivity index (χ3n) is 2.83. The molecule has 0 unspecified atom stereocenters. The molecular formula is C12H13N7O. The molecule has 3 aromatic rings. The number of nitrogens with two attached hydrogens (primary N) is 1. The second-order valence-corrected chi connectivity index (χ2v) is 4.28. The third-order valence-corrected chi connectivity index (χ3v) is 2.83. The van der Waals surface area contributed by atoms with E-state index in [0.717, 1.165) is 0 Å². The van der Waals surface area contributed by atoms with Gasteiger partial charge in [-0.1, -0.05) is 5.21 Å². The molecule has 4 N–H and O–H groups in total. The van der Waals surface area contributed by atoms with E-state index in [1.165, 1.54) is 0 Å². The Labute approximate surface area is 113 Å². The first-order valence-corrected chi connectivity index (χ1v) is 6.10. The molecule has 0 saturated heterocycles. The molecule has 0 aliphatic heterocycles. The lowest BCUT2D eigenvalue weighted by Crippen LogP contribution is -2.17. The molecule has 102 valence electrons. The Hall–Kier alpha value is -2.90. The highest BCUT2D eigenvalue weighted by Gasteiger charge is 2.04. The number of H-pyrrole nitrogens is 1. The molecule has 0 aliphatic carbocycles. The normalized spacial score (nSPS) is 10.8. The second kappa shape index (κ2) is 5.00. The highest BCUT2D eigenvalue weighted by Crippen LogP contribution is 2.12. The van der Waals surface area contributed by atoms with Gasteiger partial charge >= 0.3 is 0 Å². The van der Waals surface area contributed by atoms with Crippen LogP contribution in [-0.4, -0.2) is 31.5 Å². The van der Waals surface area contributed by atoms with Crippen molar-refractivity contribution in [2.24, 2.45) is 0 Å². The Morgan fingerprint density at radius 3 is 3.10 bits per heavy atom. The molecule has 8 nitrogen and oxygen atoms in total. The van der Waals surface area contributed by atoms with Gasteiger partial charge in [-0.2, -0.15) is 0 Å². The minimum Gasteiger partial charge on any atom is -0.399 e. The molecule has 1 aromatic carbocycles. The maximum atomic E-state index is 11.9. The average Bonchev–Trinajstić information content (AvgIpc) is 2.93. The molecule has 0 amide bonds. The minimum absolute atomic E-state index is 0.217. The Morgan fingerprint density at radius 1 is 1.40 bits per heavy atom. The number of nitrogen functional groups attached to an aromatic ring is 1. The van der Waals surface area contributed by atoms with E-state index in [9.17, 15) is 4.79 Å². The van der Waals surface area contributed by atoms with Crippen LogP contribution in [0.3, 0.4) is 0 Å². The first kappa shape index (κ1) is 12.2. The summed E-state index contributed by atoms with van der Waals surface area (Å²) in [5, 5.41) is 11.1. The van der Waals surface area contributed by atoms with Gasteiger partial charge in [-0.15, -0.1) is 5.10 Å². The Morgan fingerprint density at radius 2 is 2.30 bits per heavy atom. The van der Waals surface area contributed by atoms with Crippen LogP contribution in [0.5, 0.6) is 0 Å². The number of aromatic nitrogens is 5. The van der Waals surface area contributed by atoms with E-state index in [0.29, 0.717) is 35.6 Å². The fourth-order valence-electron chi connectivity index (χ4n) is 1.88. The zero-order valence-electron chi connectivity index (χ0n) is 10.6. The molecule has 0 bridgehead atoms. The van der Waals surface area contributed by atoms with E-state index in [1.54, 1.807) is 35.3 Å². The van der Waals surface area contributed by atoms with E-state index in [2.05, 4.69) is 25.6 Å². The lowest BCUT2D eigenvalue weighted by atomic mass is 10.2. The van der Waals surface area contributed by atoms with Gasteiger partial charge in [0.1, 0.15) is 0 Å². The minimum atomic E-state index is -0.217. The van der Waals surface area contributed by atoms with Gasteiger partial charge in [0.05, 0.1) is 23.6 Å². The number of fused-ring (bicyclic) bond motifs is 1. The van der Waals surface area contributed by atoms with E-state index >= 15 is 0 Å². The molecule has 0 fully saturated rings. The summed E-state index contributed by atoms with van der Waals surface area (Å²) in [4.78, 5) is 18.9. The van der Waals surface area contributed by atoms with Crippen LogP contribution in [0.2, 0.25) is 0 Å². The van der Waals surface area contributed by atoms with Gasteiger partial charge in [-0.25, -0.2) is 4.98 Å². The number of nitrogens with one attached hydrogen (secondary N) is 2. The number of hydrogen-bond acceptors (Lipinski definition) is 6. The summed E-state index contributed by atoms with van der Waals surface area (Å²) >= 11 is 0. The number of hydrogen-bond donors (Lipinski definition) is 3. The smallest absolute Gasteiger partial charge is 0.260 e. The van der Waals surface area contributed by atoms with E-state index < -0.39 is 0 Å². The molecule has 0 spiro atoms. The maximum Gasteiger partial charge on any atom is 0.260 e. The topological polar surface area (TPSA) is 115 Å². The molecule has 0 saturated carbocycles. The van der Waals surface area contributed by atoms with Crippen LogP contribution in [0.15, 0.2) is 35.4 Å². The van der Waals surface area contributed by atoms with Crippen molar-refractivity contribution >= 4 is 22.5 Å². The molecule has 2 aromatic heterocycles. The summed E-state index contributed by atoms with van der Waals surface area (Å²) in [5.41, 5.74) is 6.58. The van der Waals surface area contributed by atoms with Crippen LogP contribution < -0.4 is 16.6 Å². The third kappa shape index (κ3) is 2.44. The molecule has 8 heteroatoms. The van der Waals surface area contributed by atoms with Crippen molar-refractivity contribution in [2.75, 3.05) is 17.6 Å². The van der Waals surface area contributed by atoms with Gasteiger partial charge in [0, 0.05) is 18.4 Å². The average molecular weight is 271 g/mol. The van der Waals surface area contributed by atoms with E-state index in [1.807, 2.05) is 0 Å². The van der Waals surface area contributed by atoms with Gasteiger partial charge < -0.3 is 11.1 Å². The highest BCUT2D eigenvalue weighted by molar-refractivity contribution is 5.81. The monoisotopic (exact) mass is 271 g/mol. The molecule has 0 radical (unpaired) electrons. The summed E-state index contributed by atoms with van der Waals surface area (Å²) in [6.45, 7) is 1.20. The van der Waals surface area contributed by atoms with Crippen LogP contribution in [0.1, 0.15) is 0 Å². The quantitative estimate of drug-likeness (QED) is 0.584. The molecule has 0 aliphatic rings. The van der Waals surface area contributed by atoms with Gasteiger partial charge in [-0.05, 0) is 18.2 Å². The van der Waals surface area contributed by atoms with E-state index in [-0.39, 0.29) is 5.56 Å². The second-order valence-electron chi connectivity index (χ2n) is 4.28. The zero-order valence-corrected chi connectivity index (χ0v) is 10.6. The summed E-state index contributed by atoms with van der Waals surface area (Å²) in [6.07, 6.45) is 3.38. The number of anilines is 2. The summed E-state index contributed by atoms with van der Waals surface area (Å²) in [6, 6.07) is 5.05. The van der Waals surface area contributed by atoms with E-state index in [4.69, 9.17) is 5.73 Å². The van der Waals surface area contributed by atoms with Crippen molar-refractivity contribution in [3.8, 4) is 0 Å². The maximum absolute atomic E-state index is 11.9. The fraction of sp³-hybridized carbons (Fsp3) is 0.167. The summed E-state index contributed by atoms with van der Waals surface area (Å²) in [5.74, 6) is 0.424. The van der Waals surface area contributed by atoms with Crippen LogP contribution in [-0.2, 0) is 6.54 Å². The van der Waals surface area contributed by atoms with Gasteiger partial charge in [0.25, 0.3) is 5.56 Å². The van der Waals surface area contributed by atoms with Gasteiger partial charge in [0.2, 0.25) is 5.95 Å². The van der Waals surface area contributed by atoms with Crippen LogP contribution in [0.4, 0.5) is 11.6 Å². The summed E-state index contributed by atoms with van der Waals surface area (Å²) < 4.78 is 1.69. The van der Waals surface area contributed by atoms with Crippen molar-refractivity contribution < 1.29 is 0 Å². The molecule has 0 atom stereocenters. The first-order valence-electron chi connectivity index (χ1n) is 6.10. The summed E-state index contributed by atoms with van der Waals surface area (Å²) in [7, 11) is 0. The highest BCUT2D eigenvalue weighted by atomic mass is 16.1. The van der Waals surface area contributed by atoms with Crippen molar-refractivity contribution in [3.63, 3.8) is 0 Å². The Bertz CT molecular complexity index is 778. The Balaban J connectivity index is 1.78. The van der Waals surface area contributed by atoms with Gasteiger partial charge in [0.15, 0.2) is 0 Å². The number of aromatic amines is 1. The lowest BCUT2D eigenvalue weighted by Gasteiger charge is -2.06. The largest absolute Gasteiger partial charge is 0.399 e. The van der Waals surface area contributed by atoms with Crippen LogP contribution in [0, 0.1) is 0 Å². The molecular weight excluding hydrogens is 258 g/mol. The van der Waals surface area contributed by atoms with Crippen molar-refractivity contribution in [3.05, 3.63) is 40.9 Å². The predicted octanol–water partition coefficient (Wildman–Crippen LogP) is 0.209. The van der Waals surface area contributed by atoms with Crippen LogP contribution in [0.25, 0.3) is 10.9 Å². The lowest BCUT2D eigenvalue weighted by molar-refractivity contribution is 0.607. The standard InChI is InChI=1S/C12H13N7O/c13-8-1-2-10-9(7-8)11(20)17-12(16-10)14-3-5-19-6-4-15-18-19/h1-2,4,6-7H,3,5,13H2,(H2,14,16,17,20).